The van der Waals surface area contributed by atoms with Crippen LogP contribution in [0.3, 0.4) is 0 Å². The smallest absolute Gasteiger partial charge is 0.0834 e. The van der Waals surface area contributed by atoms with Crippen molar-refractivity contribution in [1.82, 2.24) is 15.1 Å². The predicted molar refractivity (Wildman–Crippen MR) is 85.8 cm³/mol. The second kappa shape index (κ2) is 7.59. The number of hydrogen-bond acceptors (Lipinski definition) is 3. The van der Waals surface area contributed by atoms with Gasteiger partial charge in [-0.2, -0.15) is 5.10 Å². The molecular weight excluding hydrogens is 286 g/mol. The monoisotopic (exact) mass is 307 g/mol. The summed E-state index contributed by atoms with van der Waals surface area (Å²) in [4.78, 5) is 0. The highest BCUT2D eigenvalue weighted by molar-refractivity contribution is 6.31. The molecule has 0 aliphatic rings. The first-order valence-corrected chi connectivity index (χ1v) is 7.46. The molecule has 2 aromatic rings. The highest BCUT2D eigenvalue weighted by Crippen LogP contribution is 2.25. The van der Waals surface area contributed by atoms with Crippen molar-refractivity contribution in [3.63, 3.8) is 0 Å². The SMILES string of the molecule is CNC(Cc1cccc(C)c1)c1c(Cl)cnn1CCOC. The van der Waals surface area contributed by atoms with Crippen LogP contribution in [0.25, 0.3) is 0 Å². The second-order valence-electron chi connectivity index (χ2n) is 5.13. The van der Waals surface area contributed by atoms with Crippen molar-refractivity contribution < 1.29 is 4.74 Å². The summed E-state index contributed by atoms with van der Waals surface area (Å²) in [6.07, 6.45) is 2.57. The largest absolute Gasteiger partial charge is 0.383 e. The van der Waals surface area contributed by atoms with E-state index in [0.29, 0.717) is 18.2 Å². The highest BCUT2D eigenvalue weighted by Gasteiger charge is 2.19. The molecule has 0 aliphatic carbocycles. The molecule has 0 radical (unpaired) electrons. The molecule has 1 unspecified atom stereocenters. The van der Waals surface area contributed by atoms with Crippen LogP contribution in [0.2, 0.25) is 5.02 Å². The fourth-order valence-electron chi connectivity index (χ4n) is 2.48. The minimum atomic E-state index is 0.124. The van der Waals surface area contributed by atoms with E-state index in [4.69, 9.17) is 16.3 Å². The van der Waals surface area contributed by atoms with Crippen LogP contribution in [-0.4, -0.2) is 30.5 Å². The number of aryl methyl sites for hydroxylation is 1. The van der Waals surface area contributed by atoms with Gasteiger partial charge in [-0.05, 0) is 26.0 Å². The molecule has 114 valence electrons. The van der Waals surface area contributed by atoms with E-state index in [1.807, 2.05) is 11.7 Å². The Morgan fingerprint density at radius 1 is 1.43 bits per heavy atom. The fraction of sp³-hybridized carbons (Fsp3) is 0.438. The van der Waals surface area contributed by atoms with E-state index in [1.54, 1.807) is 13.3 Å². The standard InChI is InChI=1S/C16H22ClN3O/c1-12-5-4-6-13(9-12)10-15(18-2)16-14(17)11-19-20(16)7-8-21-3/h4-6,9,11,15,18H,7-8,10H2,1-3H3. The van der Waals surface area contributed by atoms with Crippen LogP contribution in [0.4, 0.5) is 0 Å². The minimum Gasteiger partial charge on any atom is -0.383 e. The van der Waals surface area contributed by atoms with E-state index >= 15 is 0 Å². The highest BCUT2D eigenvalue weighted by atomic mass is 35.5. The quantitative estimate of drug-likeness (QED) is 0.854. The maximum absolute atomic E-state index is 6.33. The third-order valence-electron chi connectivity index (χ3n) is 3.54. The lowest BCUT2D eigenvalue weighted by molar-refractivity contribution is 0.181. The molecule has 1 aromatic heterocycles. The number of benzene rings is 1. The summed E-state index contributed by atoms with van der Waals surface area (Å²) in [5, 5.41) is 8.38. The zero-order chi connectivity index (χ0) is 15.2. The van der Waals surface area contributed by atoms with Gasteiger partial charge in [0.1, 0.15) is 0 Å². The number of halogens is 1. The number of ether oxygens (including phenoxy) is 1. The van der Waals surface area contributed by atoms with E-state index in [-0.39, 0.29) is 6.04 Å². The molecule has 4 nitrogen and oxygen atoms in total. The molecule has 1 N–H and O–H groups in total. The van der Waals surface area contributed by atoms with Crippen molar-refractivity contribution in [3.05, 3.63) is 52.3 Å². The number of methoxy groups -OCH3 is 1. The van der Waals surface area contributed by atoms with Gasteiger partial charge in [0.25, 0.3) is 0 Å². The van der Waals surface area contributed by atoms with Crippen LogP contribution in [0.1, 0.15) is 22.9 Å². The number of rotatable bonds is 7. The zero-order valence-corrected chi connectivity index (χ0v) is 13.5. The Kier molecular flexibility index (Phi) is 5.79. The number of hydrogen-bond donors (Lipinski definition) is 1. The van der Waals surface area contributed by atoms with Crippen LogP contribution in [-0.2, 0) is 17.7 Å². The van der Waals surface area contributed by atoms with E-state index in [9.17, 15) is 0 Å². The van der Waals surface area contributed by atoms with Crippen molar-refractivity contribution >= 4 is 11.6 Å². The van der Waals surface area contributed by atoms with Crippen LogP contribution < -0.4 is 5.32 Å². The van der Waals surface area contributed by atoms with E-state index < -0.39 is 0 Å². The van der Waals surface area contributed by atoms with Gasteiger partial charge in [-0.3, -0.25) is 4.68 Å². The fourth-order valence-corrected chi connectivity index (χ4v) is 2.76. The summed E-state index contributed by atoms with van der Waals surface area (Å²) in [6, 6.07) is 8.66. The van der Waals surface area contributed by atoms with E-state index in [1.165, 1.54) is 11.1 Å². The van der Waals surface area contributed by atoms with Gasteiger partial charge in [-0.25, -0.2) is 0 Å². The molecule has 0 aliphatic heterocycles. The molecule has 1 atom stereocenters. The van der Waals surface area contributed by atoms with Gasteiger partial charge in [0, 0.05) is 7.11 Å². The van der Waals surface area contributed by atoms with Gasteiger partial charge >= 0.3 is 0 Å². The van der Waals surface area contributed by atoms with Crippen molar-refractivity contribution in [2.24, 2.45) is 0 Å². The van der Waals surface area contributed by atoms with Gasteiger partial charge < -0.3 is 10.1 Å². The van der Waals surface area contributed by atoms with Crippen molar-refractivity contribution in [2.45, 2.75) is 25.9 Å². The summed E-state index contributed by atoms with van der Waals surface area (Å²) in [5.74, 6) is 0. The average Bonchev–Trinajstić information content (AvgIpc) is 2.83. The van der Waals surface area contributed by atoms with Crippen LogP contribution in [0.15, 0.2) is 30.5 Å². The van der Waals surface area contributed by atoms with Gasteiger partial charge in [-0.1, -0.05) is 41.4 Å². The normalized spacial score (nSPS) is 12.6. The third kappa shape index (κ3) is 4.06. The maximum Gasteiger partial charge on any atom is 0.0834 e. The maximum atomic E-state index is 6.33. The number of nitrogens with one attached hydrogen (secondary N) is 1. The molecular formula is C16H22ClN3O. The molecule has 21 heavy (non-hydrogen) atoms. The lowest BCUT2D eigenvalue weighted by atomic mass is 10.0. The van der Waals surface area contributed by atoms with Gasteiger partial charge in [0.05, 0.1) is 36.1 Å². The van der Waals surface area contributed by atoms with Crippen molar-refractivity contribution in [3.8, 4) is 0 Å². The Balaban J connectivity index is 2.22. The summed E-state index contributed by atoms with van der Waals surface area (Å²) in [6.45, 7) is 3.42. The van der Waals surface area contributed by atoms with Crippen molar-refractivity contribution in [2.75, 3.05) is 20.8 Å². The molecule has 1 aromatic carbocycles. The molecule has 0 bridgehead atoms. The lowest BCUT2D eigenvalue weighted by Crippen LogP contribution is -2.23. The molecule has 1 heterocycles. The number of likely N-dealkylation sites (N-methyl/N-ethyl adjacent to an activating group) is 1. The van der Waals surface area contributed by atoms with Gasteiger partial charge in [0.2, 0.25) is 0 Å². The molecule has 0 saturated heterocycles. The summed E-state index contributed by atoms with van der Waals surface area (Å²) in [7, 11) is 3.64. The second-order valence-corrected chi connectivity index (χ2v) is 5.54. The van der Waals surface area contributed by atoms with Crippen molar-refractivity contribution in [1.29, 1.82) is 0 Å². The Bertz CT molecular complexity index is 583. The third-order valence-corrected chi connectivity index (χ3v) is 3.83. The Hall–Kier alpha value is -1.36. The first-order chi connectivity index (χ1) is 10.2. The summed E-state index contributed by atoms with van der Waals surface area (Å²) in [5.41, 5.74) is 3.56. The zero-order valence-electron chi connectivity index (χ0n) is 12.8. The molecule has 0 amide bonds. The number of aromatic nitrogens is 2. The molecule has 2 rings (SSSR count). The average molecular weight is 308 g/mol. The Morgan fingerprint density at radius 3 is 2.90 bits per heavy atom. The van der Waals surface area contributed by atoms with E-state index in [2.05, 4.69) is 41.6 Å². The first-order valence-electron chi connectivity index (χ1n) is 7.08. The molecule has 5 heteroatoms. The number of nitrogens with zero attached hydrogens (tertiary/aromatic N) is 2. The Labute approximate surface area is 131 Å². The minimum absolute atomic E-state index is 0.124. The van der Waals surface area contributed by atoms with Gasteiger partial charge in [0.15, 0.2) is 0 Å². The van der Waals surface area contributed by atoms with Crippen LogP contribution in [0.5, 0.6) is 0 Å². The molecule has 0 fully saturated rings. The predicted octanol–water partition coefficient (Wildman–Crippen LogP) is 2.99. The topological polar surface area (TPSA) is 39.1 Å². The first kappa shape index (κ1) is 16.0. The van der Waals surface area contributed by atoms with Crippen LogP contribution in [0, 0.1) is 6.92 Å². The molecule has 0 saturated carbocycles. The molecule has 0 spiro atoms. The van der Waals surface area contributed by atoms with E-state index in [0.717, 1.165) is 12.1 Å². The summed E-state index contributed by atoms with van der Waals surface area (Å²) < 4.78 is 7.05. The van der Waals surface area contributed by atoms with Crippen LogP contribution >= 0.6 is 11.6 Å². The van der Waals surface area contributed by atoms with Gasteiger partial charge in [-0.15, -0.1) is 0 Å². The lowest BCUT2D eigenvalue weighted by Gasteiger charge is -2.19. The summed E-state index contributed by atoms with van der Waals surface area (Å²) >= 11 is 6.33. The Morgan fingerprint density at radius 2 is 2.24 bits per heavy atom.